The van der Waals surface area contributed by atoms with Crippen molar-refractivity contribution in [1.29, 1.82) is 0 Å². The third-order valence-electron chi connectivity index (χ3n) is 4.57. The minimum atomic E-state index is -0.425. The number of amides is 1. The highest BCUT2D eigenvalue weighted by atomic mass is 79.9. The second-order valence-electron chi connectivity index (χ2n) is 7.80. The van der Waals surface area contributed by atoms with Crippen molar-refractivity contribution >= 4 is 22.0 Å². The van der Waals surface area contributed by atoms with Gasteiger partial charge in [-0.1, -0.05) is 34.5 Å². The van der Waals surface area contributed by atoms with E-state index < -0.39 is 5.60 Å². The second kappa shape index (κ2) is 8.93. The van der Waals surface area contributed by atoms with Gasteiger partial charge in [-0.25, -0.2) is 4.79 Å². The summed E-state index contributed by atoms with van der Waals surface area (Å²) in [6, 6.07) is 0. The van der Waals surface area contributed by atoms with Crippen LogP contribution in [0.25, 0.3) is 0 Å². The molecule has 0 spiro atoms. The predicted molar refractivity (Wildman–Crippen MR) is 107 cm³/mol. The Hall–Kier alpha value is -1.23. The first-order valence-electron chi connectivity index (χ1n) is 9.26. The molecule has 0 aromatic heterocycles. The van der Waals surface area contributed by atoms with Crippen molar-refractivity contribution in [3.63, 3.8) is 0 Å². The van der Waals surface area contributed by atoms with E-state index in [9.17, 15) is 4.79 Å². The maximum atomic E-state index is 12.1. The molecule has 0 atom stereocenters. The maximum Gasteiger partial charge on any atom is 0.410 e. The van der Waals surface area contributed by atoms with Crippen LogP contribution >= 0.6 is 15.9 Å². The lowest BCUT2D eigenvalue weighted by Gasteiger charge is -2.33. The van der Waals surface area contributed by atoms with E-state index in [2.05, 4.69) is 46.4 Å². The monoisotopic (exact) mass is 410 g/mol. The van der Waals surface area contributed by atoms with Gasteiger partial charge in [-0.3, -0.25) is 0 Å². The van der Waals surface area contributed by atoms with Gasteiger partial charge in [0.2, 0.25) is 0 Å². The molecular formula is C20H31BrN2O2. The van der Waals surface area contributed by atoms with Gasteiger partial charge in [0.25, 0.3) is 0 Å². The fraction of sp³-hybridized carbons (Fsp3) is 0.650. The van der Waals surface area contributed by atoms with Crippen LogP contribution in [0.4, 0.5) is 4.79 Å². The zero-order chi connectivity index (χ0) is 18.4. The van der Waals surface area contributed by atoms with E-state index >= 15 is 0 Å². The SMILES string of the molecule is CCC1=C(Br)C=C(NCC2CCN(C(=O)OC(C)(C)C)CC2)C=CC1. The minimum Gasteiger partial charge on any atom is -0.444 e. The summed E-state index contributed by atoms with van der Waals surface area (Å²) >= 11 is 3.68. The van der Waals surface area contributed by atoms with Gasteiger partial charge in [0.1, 0.15) is 5.60 Å². The third kappa shape index (κ3) is 6.53. The molecule has 4 nitrogen and oxygen atoms in total. The van der Waals surface area contributed by atoms with Crippen molar-refractivity contribution in [2.75, 3.05) is 19.6 Å². The highest BCUT2D eigenvalue weighted by Crippen LogP contribution is 2.25. The smallest absolute Gasteiger partial charge is 0.410 e. The lowest BCUT2D eigenvalue weighted by molar-refractivity contribution is 0.0185. The molecule has 1 N–H and O–H groups in total. The molecule has 2 aliphatic rings. The van der Waals surface area contributed by atoms with E-state index in [1.54, 1.807) is 0 Å². The van der Waals surface area contributed by atoms with Crippen LogP contribution in [0.5, 0.6) is 0 Å². The van der Waals surface area contributed by atoms with Crippen LogP contribution in [0.1, 0.15) is 53.4 Å². The molecule has 1 aliphatic carbocycles. The summed E-state index contributed by atoms with van der Waals surface area (Å²) in [6.07, 6.45) is 10.5. The third-order valence-corrected chi connectivity index (χ3v) is 5.36. The fourth-order valence-electron chi connectivity index (χ4n) is 3.04. The summed E-state index contributed by atoms with van der Waals surface area (Å²) in [5.41, 5.74) is 2.16. The van der Waals surface area contributed by atoms with E-state index in [0.717, 1.165) is 51.0 Å². The quantitative estimate of drug-likeness (QED) is 0.698. The zero-order valence-corrected chi connectivity index (χ0v) is 17.5. The summed E-state index contributed by atoms with van der Waals surface area (Å²) in [6.45, 7) is 10.4. The lowest BCUT2D eigenvalue weighted by atomic mass is 9.97. The Morgan fingerprint density at radius 3 is 2.64 bits per heavy atom. The summed E-state index contributed by atoms with van der Waals surface area (Å²) < 4.78 is 6.65. The molecule has 0 unspecified atom stereocenters. The molecule has 2 rings (SSSR count). The molecule has 25 heavy (non-hydrogen) atoms. The standard InChI is InChI=1S/C20H31BrN2O2/c1-5-16-7-6-8-17(13-18(16)21)22-14-15-9-11-23(12-10-15)19(24)25-20(2,3)4/h6,8,13,15,22H,5,7,9-12,14H2,1-4H3. The first kappa shape index (κ1) is 20.1. The van der Waals surface area contributed by atoms with Crippen LogP contribution in [0.2, 0.25) is 0 Å². The summed E-state index contributed by atoms with van der Waals surface area (Å²) in [5.74, 6) is 0.588. The van der Waals surface area contributed by atoms with E-state index in [1.165, 1.54) is 10.1 Å². The molecule has 0 bridgehead atoms. The van der Waals surface area contributed by atoms with Gasteiger partial charge in [0.15, 0.2) is 0 Å². The molecule has 0 aromatic carbocycles. The summed E-state index contributed by atoms with van der Waals surface area (Å²) in [7, 11) is 0. The van der Waals surface area contributed by atoms with Crippen molar-refractivity contribution in [2.24, 2.45) is 5.92 Å². The Morgan fingerprint density at radius 2 is 2.04 bits per heavy atom. The molecule has 140 valence electrons. The van der Waals surface area contributed by atoms with Crippen molar-refractivity contribution in [2.45, 2.75) is 59.0 Å². The number of hydrogen-bond donors (Lipinski definition) is 1. The Morgan fingerprint density at radius 1 is 1.36 bits per heavy atom. The highest BCUT2D eigenvalue weighted by molar-refractivity contribution is 9.11. The molecule has 0 aromatic rings. The number of likely N-dealkylation sites (tertiary alicyclic amines) is 1. The molecule has 0 radical (unpaired) electrons. The minimum absolute atomic E-state index is 0.186. The van der Waals surface area contributed by atoms with Gasteiger partial charge in [-0.15, -0.1) is 0 Å². The van der Waals surface area contributed by atoms with Gasteiger partial charge in [-0.2, -0.15) is 0 Å². The average Bonchev–Trinajstić information content (AvgIpc) is 2.72. The van der Waals surface area contributed by atoms with Gasteiger partial charge in [-0.05, 0) is 64.5 Å². The zero-order valence-electron chi connectivity index (χ0n) is 15.9. The van der Waals surface area contributed by atoms with E-state index in [0.29, 0.717) is 5.92 Å². The van der Waals surface area contributed by atoms with Crippen LogP contribution in [0, 0.1) is 5.92 Å². The molecule has 1 aliphatic heterocycles. The number of ether oxygens (including phenoxy) is 1. The number of piperidine rings is 1. The second-order valence-corrected chi connectivity index (χ2v) is 8.66. The Balaban J connectivity index is 1.79. The number of carbonyl (C=O) groups excluding carboxylic acids is 1. The number of rotatable bonds is 4. The maximum absolute atomic E-state index is 12.1. The summed E-state index contributed by atoms with van der Waals surface area (Å²) in [4.78, 5) is 14.0. The predicted octanol–water partition coefficient (Wildman–Crippen LogP) is 5.13. The van der Waals surface area contributed by atoms with Crippen LogP contribution in [-0.2, 0) is 4.74 Å². The average molecular weight is 411 g/mol. The van der Waals surface area contributed by atoms with Gasteiger partial charge in [0, 0.05) is 29.8 Å². The molecule has 1 fully saturated rings. The number of halogens is 1. The highest BCUT2D eigenvalue weighted by Gasteiger charge is 2.26. The van der Waals surface area contributed by atoms with Crippen molar-refractivity contribution in [3.8, 4) is 0 Å². The Labute approximate surface area is 160 Å². The molecule has 0 saturated carbocycles. The first-order valence-corrected chi connectivity index (χ1v) is 10.1. The number of allylic oxidation sites excluding steroid dienone is 5. The number of hydrogen-bond acceptors (Lipinski definition) is 3. The van der Waals surface area contributed by atoms with Crippen LogP contribution in [0.3, 0.4) is 0 Å². The lowest BCUT2D eigenvalue weighted by Crippen LogP contribution is -2.43. The largest absolute Gasteiger partial charge is 0.444 e. The molecule has 1 saturated heterocycles. The van der Waals surface area contributed by atoms with Crippen molar-refractivity contribution in [3.05, 3.63) is 34.0 Å². The van der Waals surface area contributed by atoms with Gasteiger partial charge < -0.3 is 15.0 Å². The van der Waals surface area contributed by atoms with Crippen LogP contribution in [0.15, 0.2) is 34.0 Å². The normalized spacial score (nSPS) is 19.6. The van der Waals surface area contributed by atoms with E-state index in [-0.39, 0.29) is 6.09 Å². The number of nitrogens with zero attached hydrogens (tertiary/aromatic N) is 1. The van der Waals surface area contributed by atoms with Crippen LogP contribution in [-0.4, -0.2) is 36.2 Å². The molecule has 1 heterocycles. The molecule has 5 heteroatoms. The first-order chi connectivity index (χ1) is 11.8. The molecule has 1 amide bonds. The van der Waals surface area contributed by atoms with E-state index in [1.807, 2.05) is 25.7 Å². The Kier molecular flexibility index (Phi) is 7.17. The number of nitrogens with one attached hydrogen (secondary N) is 1. The molecular weight excluding hydrogens is 380 g/mol. The topological polar surface area (TPSA) is 41.6 Å². The van der Waals surface area contributed by atoms with Gasteiger partial charge >= 0.3 is 6.09 Å². The number of carbonyl (C=O) groups is 1. The summed E-state index contributed by atoms with van der Waals surface area (Å²) in [5, 5.41) is 3.56. The van der Waals surface area contributed by atoms with Crippen molar-refractivity contribution in [1.82, 2.24) is 10.2 Å². The van der Waals surface area contributed by atoms with Crippen LogP contribution < -0.4 is 5.32 Å². The Bertz CT molecular complexity index is 565. The van der Waals surface area contributed by atoms with Crippen molar-refractivity contribution < 1.29 is 9.53 Å². The van der Waals surface area contributed by atoms with Gasteiger partial charge in [0.05, 0.1) is 0 Å². The fourth-order valence-corrected chi connectivity index (χ4v) is 3.73. The van der Waals surface area contributed by atoms with E-state index in [4.69, 9.17) is 4.74 Å².